The van der Waals surface area contributed by atoms with Gasteiger partial charge in [0.2, 0.25) is 0 Å². The molecule has 3 atom stereocenters. The van der Waals surface area contributed by atoms with E-state index in [0.29, 0.717) is 24.7 Å². The predicted molar refractivity (Wildman–Crippen MR) is 89.8 cm³/mol. The van der Waals surface area contributed by atoms with Crippen molar-refractivity contribution >= 4 is 18.2 Å². The monoisotopic (exact) mass is 334 g/mol. The van der Waals surface area contributed by atoms with E-state index in [9.17, 15) is 14.7 Å². The number of carboxylic acid groups (broad SMARTS) is 2. The molecule has 0 radical (unpaired) electrons. The molecule has 3 unspecified atom stereocenters. The van der Waals surface area contributed by atoms with Crippen LogP contribution < -0.4 is 0 Å². The van der Waals surface area contributed by atoms with E-state index in [4.69, 9.17) is 16.6 Å². The molecule has 2 aliphatic heterocycles. The second-order valence-electron chi connectivity index (χ2n) is 5.68. The molecule has 0 bridgehead atoms. The fourth-order valence-corrected chi connectivity index (χ4v) is 3.01. The van der Waals surface area contributed by atoms with Crippen molar-refractivity contribution in [2.45, 2.75) is 25.0 Å². The van der Waals surface area contributed by atoms with Gasteiger partial charge in [0.25, 0.3) is 0 Å². The number of rotatable bonds is 4. The van der Waals surface area contributed by atoms with Gasteiger partial charge >= 0.3 is 11.9 Å². The first-order chi connectivity index (χ1) is 11.3. The van der Waals surface area contributed by atoms with Crippen molar-refractivity contribution in [1.29, 1.82) is 0 Å². The lowest BCUT2D eigenvalue weighted by Gasteiger charge is -2.41. The minimum atomic E-state index is -1.26. The largest absolute Gasteiger partial charge is 0.478 e. The quantitative estimate of drug-likeness (QED) is 0.507. The summed E-state index contributed by atoms with van der Waals surface area (Å²) < 4.78 is 0. The van der Waals surface area contributed by atoms with Crippen LogP contribution in [-0.2, 0) is 9.59 Å². The molecule has 0 aromatic heterocycles. The van der Waals surface area contributed by atoms with E-state index >= 15 is 0 Å². The van der Waals surface area contributed by atoms with E-state index in [-0.39, 0.29) is 0 Å². The highest BCUT2D eigenvalue weighted by atomic mass is 16.4. The van der Waals surface area contributed by atoms with Crippen LogP contribution in [0.4, 0.5) is 0 Å². The summed E-state index contributed by atoms with van der Waals surface area (Å²) in [6.45, 7) is 1.66. The minimum Gasteiger partial charge on any atom is -0.478 e. The summed E-state index contributed by atoms with van der Waals surface area (Å²) in [7, 11) is 2.09. The van der Waals surface area contributed by atoms with Gasteiger partial charge in [-0.3, -0.25) is 4.99 Å². The van der Waals surface area contributed by atoms with Gasteiger partial charge in [-0.25, -0.2) is 9.59 Å². The Hall–Kier alpha value is -2.43. The van der Waals surface area contributed by atoms with Crippen molar-refractivity contribution in [3.8, 4) is 12.3 Å². The summed E-state index contributed by atoms with van der Waals surface area (Å²) >= 11 is 0. The normalized spacial score (nSPS) is 27.3. The zero-order valence-corrected chi connectivity index (χ0v) is 13.5. The summed E-state index contributed by atoms with van der Waals surface area (Å²) in [5.41, 5.74) is -0.394. The average molecular weight is 334 g/mol. The Kier molecular flexibility index (Phi) is 7.36. The molecule has 3 N–H and O–H groups in total. The maximum atomic E-state index is 10.1. The third kappa shape index (κ3) is 5.05. The molecule has 2 aliphatic rings. The molecule has 1 fully saturated rings. The minimum absolute atomic E-state index is 0.298. The van der Waals surface area contributed by atoms with Crippen LogP contribution >= 0.6 is 0 Å². The first-order valence-corrected chi connectivity index (χ1v) is 7.49. The van der Waals surface area contributed by atoms with Gasteiger partial charge in [0.15, 0.2) is 0 Å². The molecule has 130 valence electrons. The number of hydrogen-bond acceptors (Lipinski definition) is 5. The maximum Gasteiger partial charge on any atom is 0.328 e. The SMILES string of the molecule is C#CC(O)C1(C2CCCN2C)C=CC=NC1.O=C(O)C=CC(=O)O. The predicted octanol–water partition coefficient (Wildman–Crippen LogP) is 0.414. The van der Waals surface area contributed by atoms with Crippen LogP contribution in [0.2, 0.25) is 0 Å². The molecule has 24 heavy (non-hydrogen) atoms. The molecule has 2 rings (SSSR count). The Bertz CT molecular complexity index is 574. The highest BCUT2D eigenvalue weighted by molar-refractivity contribution is 5.89. The zero-order valence-electron chi connectivity index (χ0n) is 13.5. The first-order valence-electron chi connectivity index (χ1n) is 7.49. The molecule has 0 saturated carbocycles. The number of carbonyl (C=O) groups is 2. The van der Waals surface area contributed by atoms with Gasteiger partial charge in [-0.2, -0.15) is 0 Å². The lowest BCUT2D eigenvalue weighted by atomic mass is 9.73. The second kappa shape index (κ2) is 9.01. The highest BCUT2D eigenvalue weighted by Crippen LogP contribution is 2.38. The molecule has 1 saturated heterocycles. The molecule has 0 aromatic rings. The van der Waals surface area contributed by atoms with Crippen molar-refractivity contribution in [1.82, 2.24) is 4.90 Å². The van der Waals surface area contributed by atoms with E-state index in [1.807, 2.05) is 12.2 Å². The molecule has 0 aliphatic carbocycles. The second-order valence-corrected chi connectivity index (χ2v) is 5.68. The van der Waals surface area contributed by atoms with Crippen molar-refractivity contribution < 1.29 is 24.9 Å². The van der Waals surface area contributed by atoms with Crippen LogP contribution in [-0.4, -0.2) is 70.7 Å². The van der Waals surface area contributed by atoms with Crippen LogP contribution in [0, 0.1) is 17.8 Å². The molecule has 0 amide bonds. The number of aliphatic imine (C=N–C) groups is 1. The van der Waals surface area contributed by atoms with E-state index in [1.54, 1.807) is 6.21 Å². The van der Waals surface area contributed by atoms with E-state index in [2.05, 4.69) is 22.9 Å². The summed E-state index contributed by atoms with van der Waals surface area (Å²) in [6.07, 6.45) is 13.7. The summed E-state index contributed by atoms with van der Waals surface area (Å²) in [5, 5.41) is 25.7. The van der Waals surface area contributed by atoms with Gasteiger partial charge in [-0.15, -0.1) is 6.42 Å². The number of nitrogens with zero attached hydrogens (tertiary/aromatic N) is 2. The van der Waals surface area contributed by atoms with Crippen molar-refractivity contribution in [3.63, 3.8) is 0 Å². The number of aliphatic hydroxyl groups excluding tert-OH is 1. The van der Waals surface area contributed by atoms with Gasteiger partial charge in [0, 0.05) is 24.4 Å². The number of aliphatic carboxylic acids is 2. The summed E-state index contributed by atoms with van der Waals surface area (Å²) in [5.74, 6) is -0.0374. The van der Waals surface area contributed by atoms with Crippen molar-refractivity contribution in [3.05, 3.63) is 24.3 Å². The van der Waals surface area contributed by atoms with Gasteiger partial charge in [0.05, 0.1) is 12.0 Å². The maximum absolute atomic E-state index is 10.1. The third-order valence-corrected chi connectivity index (χ3v) is 4.14. The van der Waals surface area contributed by atoms with Crippen LogP contribution in [0.5, 0.6) is 0 Å². The number of terminal acetylenes is 1. The Labute approximate surface area is 141 Å². The third-order valence-electron chi connectivity index (χ3n) is 4.14. The smallest absolute Gasteiger partial charge is 0.328 e. The molecule has 0 aromatic carbocycles. The molecule has 0 spiro atoms. The molecule has 7 nitrogen and oxygen atoms in total. The number of carboxylic acids is 2. The zero-order chi connectivity index (χ0) is 18.2. The molecule has 7 heteroatoms. The average Bonchev–Trinajstić information content (AvgIpc) is 3.00. The van der Waals surface area contributed by atoms with Crippen LogP contribution in [0.25, 0.3) is 0 Å². The number of aliphatic hydroxyl groups is 1. The van der Waals surface area contributed by atoms with Gasteiger partial charge in [0.1, 0.15) is 6.10 Å². The number of dihydropyridines is 1. The lowest BCUT2D eigenvalue weighted by molar-refractivity contribution is -0.134. The first kappa shape index (κ1) is 19.6. The molecular formula is C17H22N2O5. The van der Waals surface area contributed by atoms with Crippen LogP contribution in [0.15, 0.2) is 29.3 Å². The Morgan fingerprint density at radius 2 is 2.04 bits per heavy atom. The fourth-order valence-electron chi connectivity index (χ4n) is 3.01. The van der Waals surface area contributed by atoms with Crippen LogP contribution in [0.3, 0.4) is 0 Å². The summed E-state index contributed by atoms with van der Waals surface area (Å²) in [6, 6.07) is 0.298. The fraction of sp³-hybridized carbons (Fsp3) is 0.471. The van der Waals surface area contributed by atoms with Gasteiger partial charge < -0.3 is 20.2 Å². The molecular weight excluding hydrogens is 312 g/mol. The van der Waals surface area contributed by atoms with Gasteiger partial charge in [-0.1, -0.05) is 12.0 Å². The van der Waals surface area contributed by atoms with E-state index < -0.39 is 23.5 Å². The standard InChI is InChI=1S/C13H18N2O.C4H4O4/c1-3-12(16)13(7-5-8-14-10-13)11-6-4-9-15(11)2;5-3(6)1-2-4(7)8/h1,5,7-8,11-12,16H,4,6,9-10H2,2H3;1-2H,(H,5,6)(H,7,8). The van der Waals surface area contributed by atoms with E-state index in [1.165, 1.54) is 0 Å². The molecule has 2 heterocycles. The lowest BCUT2D eigenvalue weighted by Crippen LogP contribution is -2.51. The Balaban J connectivity index is 0.000000307. The Morgan fingerprint density at radius 3 is 2.42 bits per heavy atom. The highest BCUT2D eigenvalue weighted by Gasteiger charge is 2.46. The van der Waals surface area contributed by atoms with Crippen molar-refractivity contribution in [2.75, 3.05) is 20.1 Å². The topological polar surface area (TPSA) is 110 Å². The van der Waals surface area contributed by atoms with Crippen molar-refractivity contribution in [2.24, 2.45) is 10.4 Å². The van der Waals surface area contributed by atoms with E-state index in [0.717, 1.165) is 19.4 Å². The van der Waals surface area contributed by atoms with Crippen LogP contribution in [0.1, 0.15) is 12.8 Å². The number of likely N-dealkylation sites (tertiary alicyclic amines) is 1. The number of allylic oxidation sites excluding steroid dienone is 1. The Morgan fingerprint density at radius 1 is 1.42 bits per heavy atom. The number of hydrogen-bond donors (Lipinski definition) is 3. The van der Waals surface area contributed by atoms with Gasteiger partial charge in [-0.05, 0) is 32.5 Å². The summed E-state index contributed by atoms with van der Waals surface area (Å²) in [4.78, 5) is 25.7.